The minimum atomic E-state index is -0.650. The predicted molar refractivity (Wildman–Crippen MR) is 62.1 cm³/mol. The van der Waals surface area contributed by atoms with Crippen LogP contribution in [0.5, 0.6) is 0 Å². The Kier molecular flexibility index (Phi) is 5.05. The van der Waals surface area contributed by atoms with Crippen LogP contribution in [0.1, 0.15) is 28.1 Å². The zero-order valence-electron chi connectivity index (χ0n) is 9.70. The van der Waals surface area contributed by atoms with Crippen LogP contribution < -0.4 is 5.32 Å². The maximum Gasteiger partial charge on any atom is 0.308 e. The van der Waals surface area contributed by atoms with E-state index in [4.69, 9.17) is 5.11 Å². The SMILES string of the molecule is CC[C@H]([C@@H](CC)C(=O)O)N1CCNCC1.[HH]. The topological polar surface area (TPSA) is 52.6 Å². The maximum atomic E-state index is 11.1. The molecule has 90 valence electrons. The van der Waals surface area contributed by atoms with Gasteiger partial charge in [-0.25, -0.2) is 0 Å². The molecule has 0 bridgehead atoms. The molecule has 0 unspecified atom stereocenters. The number of hydrogen-bond acceptors (Lipinski definition) is 3. The molecule has 1 heterocycles. The van der Waals surface area contributed by atoms with Crippen molar-refractivity contribution in [3.63, 3.8) is 0 Å². The Labute approximate surface area is 93.1 Å². The van der Waals surface area contributed by atoms with E-state index in [0.29, 0.717) is 0 Å². The molecule has 1 saturated heterocycles. The van der Waals surface area contributed by atoms with E-state index in [9.17, 15) is 4.79 Å². The number of piperazine rings is 1. The molecule has 2 atom stereocenters. The zero-order chi connectivity index (χ0) is 11.3. The molecular weight excluding hydrogens is 192 g/mol. The monoisotopic (exact) mass is 216 g/mol. The molecule has 1 rings (SSSR count). The van der Waals surface area contributed by atoms with Gasteiger partial charge in [0, 0.05) is 33.6 Å². The Balaban J connectivity index is 0.00000225. The summed E-state index contributed by atoms with van der Waals surface area (Å²) in [5.74, 6) is -0.865. The van der Waals surface area contributed by atoms with Gasteiger partial charge in [-0.3, -0.25) is 9.69 Å². The Hall–Kier alpha value is -0.610. The largest absolute Gasteiger partial charge is 0.481 e. The fourth-order valence-corrected chi connectivity index (χ4v) is 2.42. The third-order valence-electron chi connectivity index (χ3n) is 3.26. The van der Waals surface area contributed by atoms with Gasteiger partial charge in [-0.05, 0) is 12.8 Å². The molecule has 0 saturated carbocycles. The summed E-state index contributed by atoms with van der Waals surface area (Å²) in [5.41, 5.74) is 0. The van der Waals surface area contributed by atoms with E-state index in [2.05, 4.69) is 17.1 Å². The number of carboxylic acid groups (broad SMARTS) is 1. The van der Waals surface area contributed by atoms with Crippen molar-refractivity contribution in [3.8, 4) is 0 Å². The highest BCUT2D eigenvalue weighted by molar-refractivity contribution is 5.70. The van der Waals surface area contributed by atoms with Gasteiger partial charge >= 0.3 is 5.97 Å². The number of aliphatic carboxylic acids is 1. The molecule has 0 amide bonds. The Morgan fingerprint density at radius 3 is 2.40 bits per heavy atom. The van der Waals surface area contributed by atoms with E-state index in [-0.39, 0.29) is 13.4 Å². The summed E-state index contributed by atoms with van der Waals surface area (Å²) >= 11 is 0. The zero-order valence-corrected chi connectivity index (χ0v) is 9.70. The van der Waals surface area contributed by atoms with Gasteiger partial charge in [0.05, 0.1) is 5.92 Å². The average molecular weight is 216 g/mol. The summed E-state index contributed by atoms with van der Waals surface area (Å²) in [4.78, 5) is 13.4. The first-order valence-electron chi connectivity index (χ1n) is 5.88. The Bertz CT molecular complexity index is 208. The van der Waals surface area contributed by atoms with Crippen molar-refractivity contribution in [2.75, 3.05) is 26.2 Å². The number of hydrogen-bond donors (Lipinski definition) is 2. The average Bonchev–Trinajstić information content (AvgIpc) is 2.26. The maximum absolute atomic E-state index is 11.1. The molecule has 0 aromatic heterocycles. The van der Waals surface area contributed by atoms with Crippen molar-refractivity contribution in [2.24, 2.45) is 5.92 Å². The first kappa shape index (κ1) is 12.5. The Morgan fingerprint density at radius 1 is 1.40 bits per heavy atom. The first-order chi connectivity index (χ1) is 7.20. The van der Waals surface area contributed by atoms with E-state index >= 15 is 0 Å². The molecular formula is C11H24N2O2. The summed E-state index contributed by atoms with van der Waals surface area (Å²) in [7, 11) is 0. The van der Waals surface area contributed by atoms with E-state index in [1.165, 1.54) is 0 Å². The van der Waals surface area contributed by atoms with Crippen LogP contribution in [0.2, 0.25) is 0 Å². The molecule has 0 radical (unpaired) electrons. The lowest BCUT2D eigenvalue weighted by Crippen LogP contribution is -2.51. The van der Waals surface area contributed by atoms with Crippen LogP contribution >= 0.6 is 0 Å². The van der Waals surface area contributed by atoms with Crippen LogP contribution in [0.4, 0.5) is 0 Å². The molecule has 1 aliphatic heterocycles. The molecule has 2 N–H and O–H groups in total. The van der Waals surface area contributed by atoms with E-state index in [1.54, 1.807) is 0 Å². The third-order valence-corrected chi connectivity index (χ3v) is 3.26. The lowest BCUT2D eigenvalue weighted by molar-refractivity contribution is -0.144. The van der Waals surface area contributed by atoms with Gasteiger partial charge in [0.1, 0.15) is 0 Å². The first-order valence-corrected chi connectivity index (χ1v) is 5.88. The second kappa shape index (κ2) is 6.08. The molecule has 0 aromatic rings. The van der Waals surface area contributed by atoms with Crippen LogP contribution in [-0.2, 0) is 4.79 Å². The smallest absolute Gasteiger partial charge is 0.308 e. The van der Waals surface area contributed by atoms with Crippen LogP contribution in [0.3, 0.4) is 0 Å². The fraction of sp³-hybridized carbons (Fsp3) is 0.909. The van der Waals surface area contributed by atoms with E-state index in [0.717, 1.165) is 39.0 Å². The van der Waals surface area contributed by atoms with Crippen molar-refractivity contribution < 1.29 is 11.3 Å². The predicted octanol–water partition coefficient (Wildman–Crippen LogP) is 1.03. The molecule has 4 heteroatoms. The molecule has 4 nitrogen and oxygen atoms in total. The quantitative estimate of drug-likeness (QED) is 0.720. The van der Waals surface area contributed by atoms with Crippen LogP contribution in [0.15, 0.2) is 0 Å². The molecule has 1 fully saturated rings. The molecule has 0 aliphatic carbocycles. The fourth-order valence-electron chi connectivity index (χ4n) is 2.42. The van der Waals surface area contributed by atoms with Gasteiger partial charge in [0.2, 0.25) is 0 Å². The number of carboxylic acids is 1. The van der Waals surface area contributed by atoms with E-state index < -0.39 is 5.97 Å². The van der Waals surface area contributed by atoms with Crippen molar-refractivity contribution in [1.82, 2.24) is 10.2 Å². The lowest BCUT2D eigenvalue weighted by Gasteiger charge is -2.37. The lowest BCUT2D eigenvalue weighted by atomic mass is 9.93. The second-order valence-electron chi connectivity index (χ2n) is 4.11. The second-order valence-corrected chi connectivity index (χ2v) is 4.11. The van der Waals surface area contributed by atoms with Crippen molar-refractivity contribution >= 4 is 5.97 Å². The van der Waals surface area contributed by atoms with Gasteiger partial charge < -0.3 is 10.4 Å². The summed E-state index contributed by atoms with van der Waals surface area (Å²) in [6.07, 6.45) is 1.64. The van der Waals surface area contributed by atoms with Crippen molar-refractivity contribution in [1.29, 1.82) is 0 Å². The summed E-state index contributed by atoms with van der Waals surface area (Å²) in [5, 5.41) is 12.5. The van der Waals surface area contributed by atoms with Gasteiger partial charge in [-0.2, -0.15) is 0 Å². The highest BCUT2D eigenvalue weighted by Gasteiger charge is 2.30. The molecule has 15 heavy (non-hydrogen) atoms. The highest BCUT2D eigenvalue weighted by Crippen LogP contribution is 2.19. The van der Waals surface area contributed by atoms with Crippen LogP contribution in [-0.4, -0.2) is 48.2 Å². The van der Waals surface area contributed by atoms with Gasteiger partial charge in [0.15, 0.2) is 0 Å². The summed E-state index contributed by atoms with van der Waals surface area (Å²) < 4.78 is 0. The minimum absolute atomic E-state index is 0. The van der Waals surface area contributed by atoms with Gasteiger partial charge in [-0.1, -0.05) is 13.8 Å². The number of nitrogens with zero attached hydrogens (tertiary/aromatic N) is 1. The minimum Gasteiger partial charge on any atom is -0.481 e. The summed E-state index contributed by atoms with van der Waals surface area (Å²) in [6.45, 7) is 7.95. The van der Waals surface area contributed by atoms with Crippen molar-refractivity contribution in [2.45, 2.75) is 32.7 Å². The highest BCUT2D eigenvalue weighted by atomic mass is 16.4. The van der Waals surface area contributed by atoms with Crippen molar-refractivity contribution in [3.05, 3.63) is 0 Å². The summed E-state index contributed by atoms with van der Waals surface area (Å²) in [6, 6.07) is 0.203. The van der Waals surface area contributed by atoms with Gasteiger partial charge in [-0.15, -0.1) is 0 Å². The number of nitrogens with one attached hydrogen (secondary N) is 1. The van der Waals surface area contributed by atoms with Gasteiger partial charge in [0.25, 0.3) is 0 Å². The molecule has 1 aliphatic rings. The van der Waals surface area contributed by atoms with E-state index in [1.807, 2.05) is 6.92 Å². The normalized spacial score (nSPS) is 22.3. The van der Waals surface area contributed by atoms with Crippen LogP contribution in [0, 0.1) is 5.92 Å². The molecule has 0 aromatic carbocycles. The number of rotatable bonds is 5. The Morgan fingerprint density at radius 2 is 2.00 bits per heavy atom. The van der Waals surface area contributed by atoms with Crippen LogP contribution in [0.25, 0.3) is 0 Å². The third kappa shape index (κ3) is 3.18. The molecule has 0 spiro atoms. The number of carbonyl (C=O) groups is 1. The standard InChI is InChI=1S/C11H22N2O2.H2/c1-3-9(11(14)15)10(4-2)13-7-5-12-6-8-13;/h9-10,12H,3-8H2,1-2H3,(H,14,15);1H/t9-,10-;/m1./s1.